The van der Waals surface area contributed by atoms with Crippen LogP contribution in [-0.2, 0) is 11.2 Å². The molecule has 1 fully saturated rings. The lowest BCUT2D eigenvalue weighted by atomic mass is 10.1. The van der Waals surface area contributed by atoms with Gasteiger partial charge in [-0.25, -0.2) is 9.97 Å². The lowest BCUT2D eigenvalue weighted by Gasteiger charge is -2.34. The van der Waals surface area contributed by atoms with Crippen molar-refractivity contribution in [2.24, 2.45) is 0 Å². The maximum absolute atomic E-state index is 12.8. The summed E-state index contributed by atoms with van der Waals surface area (Å²) in [6.07, 6.45) is 0.803. The van der Waals surface area contributed by atoms with E-state index in [1.54, 1.807) is 29.9 Å². The molecule has 2 heterocycles. The summed E-state index contributed by atoms with van der Waals surface area (Å²) in [7, 11) is 1.65. The van der Waals surface area contributed by atoms with Gasteiger partial charge in [-0.3, -0.25) is 9.59 Å². The predicted molar refractivity (Wildman–Crippen MR) is 110 cm³/mol. The Hall–Kier alpha value is -3.16. The van der Waals surface area contributed by atoms with Crippen LogP contribution in [0.4, 0.5) is 5.95 Å². The molecule has 0 saturated carbocycles. The highest BCUT2D eigenvalue weighted by atomic mass is 16.5. The van der Waals surface area contributed by atoms with Gasteiger partial charge in [0.25, 0.3) is 5.91 Å². The van der Waals surface area contributed by atoms with Crippen molar-refractivity contribution < 1.29 is 14.3 Å². The second kappa shape index (κ2) is 9.36. The van der Waals surface area contributed by atoms with Crippen LogP contribution >= 0.6 is 0 Å². The molecule has 0 spiro atoms. The van der Waals surface area contributed by atoms with Gasteiger partial charge in [0.15, 0.2) is 0 Å². The third-order valence-electron chi connectivity index (χ3n) is 4.94. The van der Waals surface area contributed by atoms with Gasteiger partial charge in [0.2, 0.25) is 11.9 Å². The van der Waals surface area contributed by atoms with Gasteiger partial charge in [-0.05, 0) is 37.1 Å². The van der Waals surface area contributed by atoms with E-state index in [4.69, 9.17) is 4.74 Å². The van der Waals surface area contributed by atoms with Gasteiger partial charge in [0.1, 0.15) is 11.4 Å². The average molecular weight is 397 g/mol. The Balaban J connectivity index is 1.58. The molecular weight excluding hydrogens is 370 g/mol. The predicted octanol–water partition coefficient (Wildman–Crippen LogP) is 1.75. The normalized spacial score (nSPS) is 13.9. The standard InChI is InChI=1S/C21H27N5O3/c1-15-14-19(20(28)26-12-10-25(11-13-26)16(2)27)24-21(23-15)22-9-8-17-4-6-18(29-3)7-5-17/h4-7,14H,8-13H2,1-3H3,(H,22,23,24). The molecule has 1 aliphatic heterocycles. The van der Waals surface area contributed by atoms with Crippen LogP contribution in [0.3, 0.4) is 0 Å². The second-order valence-corrected chi connectivity index (χ2v) is 7.04. The molecule has 0 aliphatic carbocycles. The zero-order valence-electron chi connectivity index (χ0n) is 17.1. The molecule has 1 aromatic heterocycles. The Labute approximate surface area is 170 Å². The Morgan fingerprint density at radius 2 is 1.72 bits per heavy atom. The summed E-state index contributed by atoms with van der Waals surface area (Å²) in [4.78, 5) is 36.6. The molecule has 8 heteroatoms. The molecule has 154 valence electrons. The van der Waals surface area contributed by atoms with Crippen molar-refractivity contribution in [2.75, 3.05) is 45.2 Å². The number of benzene rings is 1. The fourth-order valence-electron chi connectivity index (χ4n) is 3.25. The summed E-state index contributed by atoms with van der Waals surface area (Å²) in [6.45, 7) is 6.19. The molecule has 0 atom stereocenters. The fourth-order valence-corrected chi connectivity index (χ4v) is 3.25. The maximum atomic E-state index is 12.8. The Kier molecular flexibility index (Phi) is 6.64. The van der Waals surface area contributed by atoms with Gasteiger partial charge in [-0.2, -0.15) is 0 Å². The third-order valence-corrected chi connectivity index (χ3v) is 4.94. The largest absolute Gasteiger partial charge is 0.497 e. The number of nitrogens with zero attached hydrogens (tertiary/aromatic N) is 4. The third kappa shape index (κ3) is 5.43. The Bertz CT molecular complexity index is 861. The average Bonchev–Trinajstić information content (AvgIpc) is 2.73. The molecule has 1 N–H and O–H groups in total. The van der Waals surface area contributed by atoms with Crippen molar-refractivity contribution in [1.82, 2.24) is 19.8 Å². The van der Waals surface area contributed by atoms with Crippen molar-refractivity contribution in [3.05, 3.63) is 47.3 Å². The number of ether oxygens (including phenoxy) is 1. The van der Waals surface area contributed by atoms with E-state index in [1.807, 2.05) is 31.2 Å². The van der Waals surface area contributed by atoms with Gasteiger partial charge >= 0.3 is 0 Å². The highest BCUT2D eigenvalue weighted by Gasteiger charge is 2.24. The molecule has 1 aliphatic rings. The molecule has 0 bridgehead atoms. The lowest BCUT2D eigenvalue weighted by Crippen LogP contribution is -2.50. The van der Waals surface area contributed by atoms with E-state index in [0.717, 1.165) is 17.9 Å². The molecular formula is C21H27N5O3. The van der Waals surface area contributed by atoms with Gasteiger partial charge in [0.05, 0.1) is 7.11 Å². The number of methoxy groups -OCH3 is 1. The number of nitrogens with one attached hydrogen (secondary N) is 1. The Morgan fingerprint density at radius 1 is 1.07 bits per heavy atom. The van der Waals surface area contributed by atoms with E-state index in [1.165, 1.54) is 5.56 Å². The molecule has 1 saturated heterocycles. The minimum absolute atomic E-state index is 0.0401. The molecule has 2 amide bonds. The number of aromatic nitrogens is 2. The van der Waals surface area contributed by atoms with Crippen LogP contribution in [0.15, 0.2) is 30.3 Å². The van der Waals surface area contributed by atoms with Gasteiger partial charge < -0.3 is 19.9 Å². The molecule has 0 radical (unpaired) electrons. The highest BCUT2D eigenvalue weighted by Crippen LogP contribution is 2.13. The number of hydrogen-bond donors (Lipinski definition) is 1. The van der Waals surface area contributed by atoms with Gasteiger partial charge in [-0.15, -0.1) is 0 Å². The molecule has 3 rings (SSSR count). The van der Waals surface area contributed by atoms with Gasteiger partial charge in [0, 0.05) is 45.3 Å². The first-order valence-corrected chi connectivity index (χ1v) is 9.73. The van der Waals surface area contributed by atoms with Crippen LogP contribution in [0.2, 0.25) is 0 Å². The number of piperazine rings is 1. The summed E-state index contributed by atoms with van der Waals surface area (Å²) in [5.41, 5.74) is 2.28. The summed E-state index contributed by atoms with van der Waals surface area (Å²) >= 11 is 0. The first kappa shape index (κ1) is 20.6. The SMILES string of the molecule is COc1ccc(CCNc2nc(C)cc(C(=O)N3CCN(C(C)=O)CC3)n2)cc1. The molecule has 8 nitrogen and oxygen atoms in total. The van der Waals surface area contributed by atoms with E-state index in [0.29, 0.717) is 44.4 Å². The van der Waals surface area contributed by atoms with Crippen molar-refractivity contribution in [3.8, 4) is 5.75 Å². The van der Waals surface area contributed by atoms with Gasteiger partial charge in [-0.1, -0.05) is 12.1 Å². The van der Waals surface area contributed by atoms with Crippen LogP contribution in [0.1, 0.15) is 28.7 Å². The lowest BCUT2D eigenvalue weighted by molar-refractivity contribution is -0.130. The number of carbonyl (C=O) groups excluding carboxylic acids is 2. The van der Waals surface area contributed by atoms with Crippen molar-refractivity contribution >= 4 is 17.8 Å². The summed E-state index contributed by atoms with van der Waals surface area (Å²) in [5.74, 6) is 1.19. The van der Waals surface area contributed by atoms with Crippen molar-refractivity contribution in [2.45, 2.75) is 20.3 Å². The minimum atomic E-state index is -0.128. The molecule has 2 aromatic rings. The maximum Gasteiger partial charge on any atom is 0.272 e. The highest BCUT2D eigenvalue weighted by molar-refractivity contribution is 5.93. The smallest absolute Gasteiger partial charge is 0.272 e. The van der Waals surface area contributed by atoms with Crippen LogP contribution < -0.4 is 10.1 Å². The number of rotatable bonds is 6. The first-order valence-electron chi connectivity index (χ1n) is 9.73. The Morgan fingerprint density at radius 3 is 2.34 bits per heavy atom. The molecule has 0 unspecified atom stereocenters. The monoisotopic (exact) mass is 397 g/mol. The topological polar surface area (TPSA) is 87.7 Å². The number of aryl methyl sites for hydroxylation is 1. The number of anilines is 1. The quantitative estimate of drug-likeness (QED) is 0.799. The van der Waals surface area contributed by atoms with Crippen LogP contribution in [0.25, 0.3) is 0 Å². The molecule has 29 heavy (non-hydrogen) atoms. The van der Waals surface area contributed by atoms with Crippen LogP contribution in [0, 0.1) is 6.92 Å². The number of carbonyl (C=O) groups is 2. The van der Waals surface area contributed by atoms with Crippen LogP contribution in [-0.4, -0.2) is 71.4 Å². The van der Waals surface area contributed by atoms with Crippen LogP contribution in [0.5, 0.6) is 5.75 Å². The van der Waals surface area contributed by atoms with E-state index in [2.05, 4.69) is 15.3 Å². The number of hydrogen-bond acceptors (Lipinski definition) is 6. The zero-order chi connectivity index (χ0) is 20.8. The second-order valence-electron chi connectivity index (χ2n) is 7.04. The van der Waals surface area contributed by atoms with Crippen molar-refractivity contribution in [3.63, 3.8) is 0 Å². The summed E-state index contributed by atoms with van der Waals surface area (Å²) < 4.78 is 5.17. The van der Waals surface area contributed by atoms with E-state index < -0.39 is 0 Å². The zero-order valence-corrected chi connectivity index (χ0v) is 17.1. The van der Waals surface area contributed by atoms with E-state index >= 15 is 0 Å². The summed E-state index contributed by atoms with van der Waals surface area (Å²) in [6, 6.07) is 9.61. The van der Waals surface area contributed by atoms with E-state index in [9.17, 15) is 9.59 Å². The molecule has 1 aromatic carbocycles. The summed E-state index contributed by atoms with van der Waals surface area (Å²) in [5, 5.41) is 3.21. The fraction of sp³-hybridized carbons (Fsp3) is 0.429. The van der Waals surface area contributed by atoms with E-state index in [-0.39, 0.29) is 11.8 Å². The first-order chi connectivity index (χ1) is 14.0. The minimum Gasteiger partial charge on any atom is -0.497 e. The van der Waals surface area contributed by atoms with Crippen molar-refractivity contribution in [1.29, 1.82) is 0 Å². The number of amides is 2.